The first-order valence-corrected chi connectivity index (χ1v) is 21.9. The van der Waals surface area contributed by atoms with E-state index in [1.165, 1.54) is 60.2 Å². The van der Waals surface area contributed by atoms with Crippen molar-refractivity contribution in [1.29, 1.82) is 26.3 Å². The Kier molecular flexibility index (Phi) is 13.7. The molecule has 0 atom stereocenters. The second-order valence-electron chi connectivity index (χ2n) is 13.5. The first-order chi connectivity index (χ1) is 28.7. The summed E-state index contributed by atoms with van der Waals surface area (Å²) >= 11 is 0. The topological polar surface area (TPSA) is 219 Å². The van der Waals surface area contributed by atoms with Gasteiger partial charge >= 0.3 is 0 Å². The lowest BCUT2D eigenvalue weighted by molar-refractivity contribution is 0.605. The number of nitriles is 5. The molecule has 1 aliphatic heterocycles. The molecule has 5 rings (SSSR count). The molecule has 0 saturated heterocycles. The Labute approximate surface area is 350 Å². The lowest BCUT2D eigenvalue weighted by atomic mass is 9.90. The summed E-state index contributed by atoms with van der Waals surface area (Å²) in [6.45, 7) is 8.32. The Balaban J connectivity index is 1.57. The number of nitrogens with one attached hydrogen (secondary N) is 2. The van der Waals surface area contributed by atoms with Crippen molar-refractivity contribution < 1.29 is 16.8 Å². The average molecular weight is 830 g/mol. The van der Waals surface area contributed by atoms with E-state index in [0.29, 0.717) is 30.5 Å². The number of rotatable bonds is 13. The third-order valence-electron chi connectivity index (χ3n) is 9.33. The van der Waals surface area contributed by atoms with Crippen molar-refractivity contribution in [2.45, 2.75) is 19.3 Å². The molecule has 2 aliphatic rings. The summed E-state index contributed by atoms with van der Waals surface area (Å²) in [6, 6.07) is 30.1. The van der Waals surface area contributed by atoms with E-state index in [-0.39, 0.29) is 39.4 Å². The van der Waals surface area contributed by atoms with Gasteiger partial charge in [0.25, 0.3) is 5.70 Å². The van der Waals surface area contributed by atoms with E-state index < -0.39 is 26.0 Å². The summed E-state index contributed by atoms with van der Waals surface area (Å²) in [5.74, 6) is -1.29. The minimum Gasteiger partial charge on any atom is -0.340 e. The highest BCUT2D eigenvalue weighted by molar-refractivity contribution is 7.92. The normalized spacial score (nSPS) is 15.7. The third kappa shape index (κ3) is 10.5. The highest BCUT2D eigenvalue weighted by Crippen LogP contribution is 2.41. The van der Waals surface area contributed by atoms with E-state index in [0.717, 1.165) is 41.5 Å². The maximum absolute atomic E-state index is 11.7. The van der Waals surface area contributed by atoms with Gasteiger partial charge in [-0.3, -0.25) is 9.44 Å². The maximum atomic E-state index is 11.7. The molecule has 0 unspecified atom stereocenters. The van der Waals surface area contributed by atoms with Gasteiger partial charge in [0, 0.05) is 40.5 Å². The Morgan fingerprint density at radius 3 is 1.95 bits per heavy atom. The third-order valence-corrected chi connectivity index (χ3v) is 10.5. The average Bonchev–Trinajstić information content (AvgIpc) is 3.83. The second kappa shape index (κ2) is 19.0. The standard InChI is InChI=1S/C45H35N9O4S2/c1-51-41(30-50)44(33-18-22-40(23-19-33)53-60(3,57)58)37(27-47)12-7-10-35-15-14-34(45(35)54-25-24-31-8-4-5-13-42(31)54)9-6-11-36(26-46)43(38(28-48)29-49)32-16-20-39(21-17-32)52-59(2,55)56/h4-13,16-23,38,52-53H,14-15,24-25H2,2-3H3/b10-7+,11-6+,34-9+,37-12+,43-36-,44-41+. The van der Waals surface area contributed by atoms with Gasteiger partial charge in [0.1, 0.15) is 0 Å². The number of para-hydroxylation sites is 1. The van der Waals surface area contributed by atoms with Crippen LogP contribution in [0.3, 0.4) is 0 Å². The van der Waals surface area contributed by atoms with Gasteiger partial charge in [-0.05, 0) is 89.6 Å². The Hall–Kier alpha value is -7.92. The number of hydrogen-bond acceptors (Lipinski definition) is 10. The maximum Gasteiger partial charge on any atom is 0.270 e. The Bertz CT molecular complexity index is 2900. The predicted molar refractivity (Wildman–Crippen MR) is 230 cm³/mol. The molecule has 60 heavy (non-hydrogen) atoms. The SMILES string of the molecule is [C-]#[N+]/C(C#N)=C(/C(C#N)=C/C=C/C1=C(N2CCc3ccccc32)C(=C/C=C/C(C#N)=C(\c2ccc(NS(C)(=O)=O)cc2)C(C#N)C#N)/CC1)c1ccc(NS(C)(=O)=O)cc1. The van der Waals surface area contributed by atoms with Crippen LogP contribution in [0.1, 0.15) is 29.5 Å². The lowest BCUT2D eigenvalue weighted by Crippen LogP contribution is -2.20. The highest BCUT2D eigenvalue weighted by Gasteiger charge is 2.29. The molecule has 0 radical (unpaired) electrons. The van der Waals surface area contributed by atoms with Gasteiger partial charge in [0.2, 0.25) is 20.0 Å². The van der Waals surface area contributed by atoms with Crippen LogP contribution in [0.5, 0.6) is 0 Å². The summed E-state index contributed by atoms with van der Waals surface area (Å²) in [5.41, 5.74) is 6.46. The minimum absolute atomic E-state index is 0.0500. The molecule has 3 aromatic carbocycles. The fraction of sp³-hybridized carbons (Fsp3) is 0.156. The van der Waals surface area contributed by atoms with Crippen molar-refractivity contribution in [2.24, 2.45) is 5.92 Å². The van der Waals surface area contributed by atoms with Gasteiger partial charge in [-0.25, -0.2) is 26.9 Å². The molecule has 2 N–H and O–H groups in total. The summed E-state index contributed by atoms with van der Waals surface area (Å²) in [6.07, 6.45) is 14.3. The van der Waals surface area contributed by atoms with E-state index in [4.69, 9.17) is 6.57 Å². The summed E-state index contributed by atoms with van der Waals surface area (Å²) < 4.78 is 51.6. The van der Waals surface area contributed by atoms with Crippen LogP contribution >= 0.6 is 0 Å². The molecule has 0 fully saturated rings. The molecule has 0 amide bonds. The van der Waals surface area contributed by atoms with E-state index in [1.54, 1.807) is 18.2 Å². The summed E-state index contributed by atoms with van der Waals surface area (Å²) in [7, 11) is -7.09. The molecule has 296 valence electrons. The van der Waals surface area contributed by atoms with E-state index in [9.17, 15) is 43.1 Å². The Morgan fingerprint density at radius 2 is 1.40 bits per heavy atom. The predicted octanol–water partition coefficient (Wildman–Crippen LogP) is 7.82. The summed E-state index contributed by atoms with van der Waals surface area (Å²) in [4.78, 5) is 5.58. The van der Waals surface area contributed by atoms with Crippen molar-refractivity contribution in [3.05, 3.63) is 171 Å². The molecule has 13 nitrogen and oxygen atoms in total. The van der Waals surface area contributed by atoms with Crippen LogP contribution in [0.4, 0.5) is 17.1 Å². The molecule has 0 spiro atoms. The minimum atomic E-state index is -3.55. The van der Waals surface area contributed by atoms with Crippen LogP contribution in [0.2, 0.25) is 0 Å². The van der Waals surface area contributed by atoms with Crippen LogP contribution in [0, 0.1) is 69.1 Å². The fourth-order valence-electron chi connectivity index (χ4n) is 6.88. The number of benzene rings is 3. The van der Waals surface area contributed by atoms with Crippen LogP contribution in [0.25, 0.3) is 16.0 Å². The number of allylic oxidation sites excluding steroid dienone is 13. The van der Waals surface area contributed by atoms with Gasteiger partial charge in [0.15, 0.2) is 5.92 Å². The van der Waals surface area contributed by atoms with Crippen LogP contribution in [-0.2, 0) is 26.5 Å². The smallest absolute Gasteiger partial charge is 0.270 e. The molecular formula is C45H35N9O4S2. The lowest BCUT2D eigenvalue weighted by Gasteiger charge is -2.23. The van der Waals surface area contributed by atoms with Crippen molar-refractivity contribution in [3.8, 4) is 30.3 Å². The van der Waals surface area contributed by atoms with Crippen molar-refractivity contribution in [2.75, 3.05) is 33.4 Å². The van der Waals surface area contributed by atoms with Crippen LogP contribution in [-0.4, -0.2) is 35.9 Å². The number of fused-ring (bicyclic) bond motifs is 1. The van der Waals surface area contributed by atoms with Crippen molar-refractivity contribution in [3.63, 3.8) is 0 Å². The number of anilines is 3. The van der Waals surface area contributed by atoms with Gasteiger partial charge < -0.3 is 4.90 Å². The number of sulfonamides is 2. The molecular weight excluding hydrogens is 795 g/mol. The van der Waals surface area contributed by atoms with Gasteiger partial charge in [0.05, 0.1) is 60.6 Å². The second-order valence-corrected chi connectivity index (χ2v) is 17.0. The van der Waals surface area contributed by atoms with E-state index >= 15 is 0 Å². The zero-order valence-electron chi connectivity index (χ0n) is 32.4. The zero-order chi connectivity index (χ0) is 43.5. The molecule has 1 aliphatic carbocycles. The molecule has 1 heterocycles. The molecule has 3 aromatic rings. The number of nitrogens with zero attached hydrogens (tertiary/aromatic N) is 7. The molecule has 0 bridgehead atoms. The zero-order valence-corrected chi connectivity index (χ0v) is 34.0. The fourth-order valence-corrected chi connectivity index (χ4v) is 8.01. The number of hydrogen-bond donors (Lipinski definition) is 2. The highest BCUT2D eigenvalue weighted by atomic mass is 32.2. The van der Waals surface area contributed by atoms with E-state index in [2.05, 4.69) is 37.4 Å². The van der Waals surface area contributed by atoms with Crippen molar-refractivity contribution in [1.82, 2.24) is 0 Å². The quantitative estimate of drug-likeness (QED) is 0.0966. The van der Waals surface area contributed by atoms with Crippen LogP contribution in [0.15, 0.2) is 143 Å². The largest absolute Gasteiger partial charge is 0.340 e. The Morgan fingerprint density at radius 1 is 0.783 bits per heavy atom. The van der Waals surface area contributed by atoms with Crippen LogP contribution < -0.4 is 14.3 Å². The first-order valence-electron chi connectivity index (χ1n) is 18.1. The molecule has 0 saturated carbocycles. The monoisotopic (exact) mass is 829 g/mol. The molecule has 0 aromatic heterocycles. The summed E-state index contributed by atoms with van der Waals surface area (Å²) in [5, 5.41) is 50.0. The van der Waals surface area contributed by atoms with E-state index in [1.807, 2.05) is 48.6 Å². The van der Waals surface area contributed by atoms with Gasteiger partial charge in [-0.15, -0.1) is 0 Å². The van der Waals surface area contributed by atoms with Crippen molar-refractivity contribution >= 4 is 48.3 Å². The van der Waals surface area contributed by atoms with Gasteiger partial charge in [-0.2, -0.15) is 21.0 Å². The van der Waals surface area contributed by atoms with Gasteiger partial charge in [-0.1, -0.05) is 66.8 Å². The first kappa shape index (κ1) is 43.2. The molecule has 15 heteroatoms.